The van der Waals surface area contributed by atoms with Gasteiger partial charge in [0.05, 0.1) is 5.69 Å². The van der Waals surface area contributed by atoms with Crippen molar-refractivity contribution in [1.82, 2.24) is 4.37 Å². The predicted molar refractivity (Wildman–Crippen MR) is 78.9 cm³/mol. The Morgan fingerprint density at radius 3 is 2.71 bits per heavy atom. The number of para-hydroxylation sites is 1. The molecule has 7 heteroatoms. The summed E-state index contributed by atoms with van der Waals surface area (Å²) in [6, 6.07) is 6.78. The highest BCUT2D eigenvalue weighted by Gasteiger charge is 2.19. The van der Waals surface area contributed by atoms with E-state index in [4.69, 9.17) is 5.11 Å². The van der Waals surface area contributed by atoms with E-state index >= 15 is 0 Å². The van der Waals surface area contributed by atoms with Gasteiger partial charge in [0.2, 0.25) is 5.91 Å². The van der Waals surface area contributed by atoms with E-state index in [0.717, 1.165) is 11.5 Å². The van der Waals surface area contributed by atoms with Crippen LogP contribution in [0.15, 0.2) is 24.3 Å². The van der Waals surface area contributed by atoms with Gasteiger partial charge in [-0.15, -0.1) is 0 Å². The summed E-state index contributed by atoms with van der Waals surface area (Å²) in [4.78, 5) is 23.0. The summed E-state index contributed by atoms with van der Waals surface area (Å²) in [6.45, 7) is 1.58. The molecule has 2 rings (SSSR count). The number of aryl methyl sites for hydroxylation is 2. The van der Waals surface area contributed by atoms with E-state index in [0.29, 0.717) is 17.7 Å². The lowest BCUT2D eigenvalue weighted by atomic mass is 10.1. The van der Waals surface area contributed by atoms with Crippen molar-refractivity contribution >= 4 is 28.4 Å². The Morgan fingerprint density at radius 2 is 2.05 bits per heavy atom. The molecule has 0 radical (unpaired) electrons. The first-order chi connectivity index (χ1) is 9.99. The van der Waals surface area contributed by atoms with Gasteiger partial charge in [-0.1, -0.05) is 18.2 Å². The molecule has 1 amide bonds. The summed E-state index contributed by atoms with van der Waals surface area (Å²) in [5.41, 5.74) is 1.08. The van der Waals surface area contributed by atoms with Gasteiger partial charge in [0.25, 0.3) is 0 Å². The Hall–Kier alpha value is -2.41. The van der Waals surface area contributed by atoms with Crippen LogP contribution in [-0.2, 0) is 11.2 Å². The molecule has 1 aromatic heterocycles. The van der Waals surface area contributed by atoms with Crippen molar-refractivity contribution in [2.75, 3.05) is 5.32 Å². The fraction of sp³-hybridized carbons (Fsp3) is 0.214. The van der Waals surface area contributed by atoms with Gasteiger partial charge in [-0.3, -0.25) is 4.79 Å². The highest BCUT2D eigenvalue weighted by molar-refractivity contribution is 7.11. The minimum atomic E-state index is -1.11. The highest BCUT2D eigenvalue weighted by atomic mass is 32.1. The molecule has 1 aromatic carbocycles. The lowest BCUT2D eigenvalue weighted by Gasteiger charge is -2.05. The van der Waals surface area contributed by atoms with Gasteiger partial charge in [-0.05, 0) is 36.5 Å². The SMILES string of the molecule is Cc1nsc(NC(=O)CCc2ccccc2O)c1C(=O)O. The van der Waals surface area contributed by atoms with E-state index in [1.807, 2.05) is 0 Å². The number of hydrogen-bond donors (Lipinski definition) is 3. The van der Waals surface area contributed by atoms with Gasteiger partial charge >= 0.3 is 5.97 Å². The molecule has 0 aliphatic heterocycles. The van der Waals surface area contributed by atoms with Crippen molar-refractivity contribution in [2.24, 2.45) is 0 Å². The fourth-order valence-electron chi connectivity index (χ4n) is 1.87. The normalized spacial score (nSPS) is 10.3. The van der Waals surface area contributed by atoms with Crippen LogP contribution in [0.5, 0.6) is 5.75 Å². The number of carbonyl (C=O) groups excluding carboxylic acids is 1. The number of benzene rings is 1. The number of anilines is 1. The number of phenols is 1. The van der Waals surface area contributed by atoms with Crippen LogP contribution in [0.3, 0.4) is 0 Å². The Balaban J connectivity index is 2.00. The molecule has 1 heterocycles. The molecule has 6 nitrogen and oxygen atoms in total. The van der Waals surface area contributed by atoms with Crippen molar-refractivity contribution < 1.29 is 19.8 Å². The molecule has 0 aliphatic carbocycles. The third kappa shape index (κ3) is 3.57. The molecule has 3 N–H and O–H groups in total. The zero-order valence-corrected chi connectivity index (χ0v) is 12.1. The maximum atomic E-state index is 11.9. The van der Waals surface area contributed by atoms with Crippen LogP contribution < -0.4 is 5.32 Å². The Bertz CT molecular complexity index is 681. The van der Waals surface area contributed by atoms with Crippen LogP contribution >= 0.6 is 11.5 Å². The number of carbonyl (C=O) groups is 2. The topological polar surface area (TPSA) is 99.5 Å². The second-order valence-corrected chi connectivity index (χ2v) is 5.23. The fourth-order valence-corrected chi connectivity index (χ4v) is 2.67. The molecule has 0 saturated carbocycles. The van der Waals surface area contributed by atoms with Crippen LogP contribution in [0.4, 0.5) is 5.00 Å². The molecule has 0 atom stereocenters. The van der Waals surface area contributed by atoms with E-state index in [1.54, 1.807) is 31.2 Å². The molecule has 0 unspecified atom stereocenters. The van der Waals surface area contributed by atoms with Gasteiger partial charge in [-0.25, -0.2) is 4.79 Å². The van der Waals surface area contributed by atoms with Gasteiger partial charge in [0, 0.05) is 6.42 Å². The Morgan fingerprint density at radius 1 is 1.33 bits per heavy atom. The standard InChI is InChI=1S/C14H14N2O4S/c1-8-12(14(19)20)13(21-16-8)15-11(18)7-6-9-4-2-3-5-10(9)17/h2-5,17H,6-7H2,1H3,(H,15,18)(H,19,20). The summed E-state index contributed by atoms with van der Waals surface area (Å²) in [5, 5.41) is 21.5. The van der Waals surface area contributed by atoms with Crippen molar-refractivity contribution in [3.05, 3.63) is 41.1 Å². The number of aromatic hydroxyl groups is 1. The number of nitrogens with zero attached hydrogens (tertiary/aromatic N) is 1. The first-order valence-corrected chi connectivity index (χ1v) is 7.02. The second kappa shape index (κ2) is 6.36. The second-order valence-electron chi connectivity index (χ2n) is 4.45. The zero-order chi connectivity index (χ0) is 15.4. The molecule has 2 aromatic rings. The largest absolute Gasteiger partial charge is 0.508 e. The van der Waals surface area contributed by atoms with Gasteiger partial charge in [0.15, 0.2) is 0 Å². The van der Waals surface area contributed by atoms with Crippen LogP contribution in [0, 0.1) is 6.92 Å². The number of carboxylic acid groups (broad SMARTS) is 1. The molecule has 0 saturated heterocycles. The number of hydrogen-bond acceptors (Lipinski definition) is 5. The van der Waals surface area contributed by atoms with E-state index in [9.17, 15) is 14.7 Å². The van der Waals surface area contributed by atoms with Crippen molar-refractivity contribution in [3.8, 4) is 5.75 Å². The first kappa shape index (κ1) is 15.0. The highest BCUT2D eigenvalue weighted by Crippen LogP contribution is 2.25. The van der Waals surface area contributed by atoms with Crippen molar-refractivity contribution in [3.63, 3.8) is 0 Å². The Labute approximate surface area is 125 Å². The molecular weight excluding hydrogens is 292 g/mol. The summed E-state index contributed by atoms with van der Waals surface area (Å²) >= 11 is 0.945. The summed E-state index contributed by atoms with van der Waals surface area (Å²) < 4.78 is 3.93. The van der Waals surface area contributed by atoms with E-state index in [1.165, 1.54) is 0 Å². The maximum absolute atomic E-state index is 11.9. The average molecular weight is 306 g/mol. The summed E-state index contributed by atoms with van der Waals surface area (Å²) in [5.74, 6) is -1.29. The maximum Gasteiger partial charge on any atom is 0.340 e. The Kier molecular flexibility index (Phi) is 4.54. The van der Waals surface area contributed by atoms with Crippen LogP contribution in [0.25, 0.3) is 0 Å². The molecule has 0 spiro atoms. The van der Waals surface area contributed by atoms with E-state index in [-0.39, 0.29) is 28.6 Å². The van der Waals surface area contributed by atoms with Gasteiger partial charge in [-0.2, -0.15) is 4.37 Å². The number of aromatic nitrogens is 1. The lowest BCUT2D eigenvalue weighted by Crippen LogP contribution is -2.14. The van der Waals surface area contributed by atoms with Gasteiger partial charge in [0.1, 0.15) is 16.3 Å². The minimum absolute atomic E-state index is 0.0240. The van der Waals surface area contributed by atoms with E-state index in [2.05, 4.69) is 9.69 Å². The third-order valence-electron chi connectivity index (χ3n) is 2.94. The van der Waals surface area contributed by atoms with Crippen LogP contribution in [-0.4, -0.2) is 26.5 Å². The van der Waals surface area contributed by atoms with E-state index < -0.39 is 5.97 Å². The monoisotopic (exact) mass is 306 g/mol. The first-order valence-electron chi connectivity index (χ1n) is 6.25. The number of phenolic OH excluding ortho intramolecular Hbond substituents is 1. The minimum Gasteiger partial charge on any atom is -0.508 e. The quantitative estimate of drug-likeness (QED) is 0.788. The average Bonchev–Trinajstić information content (AvgIpc) is 2.79. The van der Waals surface area contributed by atoms with Crippen molar-refractivity contribution in [1.29, 1.82) is 0 Å². The molecular formula is C14H14N2O4S. The van der Waals surface area contributed by atoms with Crippen LogP contribution in [0.1, 0.15) is 28.0 Å². The molecule has 21 heavy (non-hydrogen) atoms. The zero-order valence-electron chi connectivity index (χ0n) is 11.3. The number of aromatic carboxylic acids is 1. The number of carboxylic acids is 1. The predicted octanol–water partition coefficient (Wildman–Crippen LogP) is 2.43. The van der Waals surface area contributed by atoms with Crippen LogP contribution in [0.2, 0.25) is 0 Å². The lowest BCUT2D eigenvalue weighted by molar-refractivity contribution is -0.116. The molecule has 0 aliphatic rings. The molecule has 0 bridgehead atoms. The smallest absolute Gasteiger partial charge is 0.340 e. The van der Waals surface area contributed by atoms with Crippen molar-refractivity contribution in [2.45, 2.75) is 19.8 Å². The number of nitrogens with one attached hydrogen (secondary N) is 1. The third-order valence-corrected chi connectivity index (χ3v) is 3.80. The molecule has 110 valence electrons. The van der Waals surface area contributed by atoms with Gasteiger partial charge < -0.3 is 15.5 Å². The number of amides is 1. The summed E-state index contributed by atoms with van der Waals surface area (Å²) in [6.07, 6.45) is 0.520. The molecule has 0 fully saturated rings. The summed E-state index contributed by atoms with van der Waals surface area (Å²) in [7, 11) is 0. The number of rotatable bonds is 5.